The fourth-order valence-electron chi connectivity index (χ4n) is 1.90. The number of hydrogen-bond donors (Lipinski definition) is 0. The summed E-state index contributed by atoms with van der Waals surface area (Å²) in [5.74, 6) is 0.346. The van der Waals surface area contributed by atoms with E-state index in [4.69, 9.17) is 9.47 Å². The number of fused-ring (bicyclic) bond motifs is 1. The van der Waals surface area contributed by atoms with Crippen molar-refractivity contribution in [3.05, 3.63) is 28.2 Å². The first-order valence-corrected chi connectivity index (χ1v) is 6.94. The number of pyridine rings is 1. The van der Waals surface area contributed by atoms with Crippen molar-refractivity contribution in [1.82, 2.24) is 4.98 Å². The fourth-order valence-corrected chi connectivity index (χ4v) is 2.40. The van der Waals surface area contributed by atoms with E-state index >= 15 is 0 Å². The molecule has 1 heterocycles. The lowest BCUT2D eigenvalue weighted by Crippen LogP contribution is -2.11. The quantitative estimate of drug-likeness (QED) is 0.783. The Hall–Kier alpha value is -1.50. The van der Waals surface area contributed by atoms with Gasteiger partial charge >= 0.3 is 6.18 Å². The van der Waals surface area contributed by atoms with Gasteiger partial charge in [0, 0.05) is 17.5 Å². The van der Waals surface area contributed by atoms with Gasteiger partial charge in [-0.2, -0.15) is 13.2 Å². The highest BCUT2D eigenvalue weighted by Crippen LogP contribution is 2.39. The van der Waals surface area contributed by atoms with E-state index < -0.39 is 11.7 Å². The minimum Gasteiger partial charge on any atom is -0.495 e. The molecule has 0 amide bonds. The van der Waals surface area contributed by atoms with Gasteiger partial charge in [-0.15, -0.1) is 0 Å². The van der Waals surface area contributed by atoms with Crippen molar-refractivity contribution in [2.24, 2.45) is 0 Å². The van der Waals surface area contributed by atoms with E-state index in [-0.39, 0.29) is 22.9 Å². The van der Waals surface area contributed by atoms with Crippen LogP contribution in [0.1, 0.15) is 19.4 Å². The monoisotopic (exact) mass is 363 g/mol. The van der Waals surface area contributed by atoms with Crippen molar-refractivity contribution in [3.63, 3.8) is 0 Å². The molecule has 2 rings (SSSR count). The van der Waals surface area contributed by atoms with Crippen LogP contribution in [0, 0.1) is 0 Å². The number of aromatic nitrogens is 1. The van der Waals surface area contributed by atoms with Gasteiger partial charge in [0.15, 0.2) is 0 Å². The smallest absolute Gasteiger partial charge is 0.417 e. The average molecular weight is 364 g/mol. The van der Waals surface area contributed by atoms with Crippen LogP contribution in [0.2, 0.25) is 0 Å². The average Bonchev–Trinajstić information content (AvgIpc) is 2.35. The maximum Gasteiger partial charge on any atom is 0.417 e. The molecule has 0 aliphatic carbocycles. The highest BCUT2D eigenvalue weighted by Gasteiger charge is 2.34. The van der Waals surface area contributed by atoms with E-state index in [1.165, 1.54) is 19.2 Å². The van der Waals surface area contributed by atoms with Crippen LogP contribution in [0.4, 0.5) is 13.2 Å². The Labute approximate surface area is 128 Å². The third-order valence-corrected chi connectivity index (χ3v) is 3.34. The molecule has 0 aliphatic heterocycles. The number of rotatable bonds is 3. The summed E-state index contributed by atoms with van der Waals surface area (Å²) in [5.41, 5.74) is -0.618. The summed E-state index contributed by atoms with van der Waals surface area (Å²) in [5, 5.41) is -0.00807. The predicted molar refractivity (Wildman–Crippen MR) is 76.8 cm³/mol. The predicted octanol–water partition coefficient (Wildman–Crippen LogP) is 4.81. The molecular weight excluding hydrogens is 351 g/mol. The highest BCUT2D eigenvalue weighted by molar-refractivity contribution is 9.10. The second-order valence-electron chi connectivity index (χ2n) is 4.68. The number of hydrogen-bond acceptors (Lipinski definition) is 3. The largest absolute Gasteiger partial charge is 0.495 e. The summed E-state index contributed by atoms with van der Waals surface area (Å²) in [6.45, 7) is 3.45. The third kappa shape index (κ3) is 3.40. The molecule has 0 saturated carbocycles. The molecule has 1 aromatic heterocycles. The molecule has 0 aliphatic rings. The Morgan fingerprint density at radius 3 is 2.38 bits per heavy atom. The lowest BCUT2D eigenvalue weighted by atomic mass is 10.1. The molecule has 2 aromatic rings. The number of halogens is 4. The SMILES string of the molecule is COc1cc2nc(OC(C)C)cc(C(F)(F)F)c2cc1Br. The van der Waals surface area contributed by atoms with E-state index in [1.54, 1.807) is 13.8 Å². The Balaban J connectivity index is 2.74. The summed E-state index contributed by atoms with van der Waals surface area (Å²) in [6, 6.07) is 3.71. The molecule has 0 saturated heterocycles. The molecule has 0 bridgehead atoms. The number of nitrogens with zero attached hydrogens (tertiary/aromatic N) is 1. The summed E-state index contributed by atoms with van der Waals surface area (Å²) in [7, 11) is 1.44. The van der Waals surface area contributed by atoms with Crippen LogP contribution < -0.4 is 9.47 Å². The Bertz CT molecular complexity index is 671. The summed E-state index contributed by atoms with van der Waals surface area (Å²) in [4.78, 5) is 4.12. The summed E-state index contributed by atoms with van der Waals surface area (Å²) in [6.07, 6.45) is -4.77. The molecule has 114 valence electrons. The number of benzene rings is 1. The van der Waals surface area contributed by atoms with Gasteiger partial charge in [-0.05, 0) is 35.8 Å². The molecule has 1 aromatic carbocycles. The zero-order valence-electron chi connectivity index (χ0n) is 11.6. The molecule has 0 atom stereocenters. The Kier molecular flexibility index (Phi) is 4.32. The maximum atomic E-state index is 13.2. The van der Waals surface area contributed by atoms with Gasteiger partial charge in [-0.25, -0.2) is 4.98 Å². The van der Waals surface area contributed by atoms with E-state index in [0.29, 0.717) is 10.2 Å². The standard InChI is InChI=1S/C14H13BrF3NO2/c1-7(2)21-13-5-9(14(16,17)18)8-4-10(15)12(20-3)6-11(8)19-13/h4-7H,1-3H3. The van der Waals surface area contributed by atoms with Crippen LogP contribution in [-0.4, -0.2) is 18.2 Å². The van der Waals surface area contributed by atoms with Gasteiger partial charge in [0.2, 0.25) is 5.88 Å². The number of ether oxygens (including phenoxy) is 2. The summed E-state index contributed by atoms with van der Waals surface area (Å²) >= 11 is 3.19. The minimum atomic E-state index is -4.50. The van der Waals surface area contributed by atoms with Crippen LogP contribution in [-0.2, 0) is 6.18 Å². The maximum absolute atomic E-state index is 13.2. The topological polar surface area (TPSA) is 31.4 Å². The molecular formula is C14H13BrF3NO2. The molecule has 0 fully saturated rings. The minimum absolute atomic E-state index is 0.00807. The molecule has 0 spiro atoms. The lowest BCUT2D eigenvalue weighted by Gasteiger charge is -2.15. The van der Waals surface area contributed by atoms with Crippen molar-refractivity contribution in [2.75, 3.05) is 7.11 Å². The first kappa shape index (κ1) is 15.9. The van der Waals surface area contributed by atoms with Gasteiger partial charge in [0.25, 0.3) is 0 Å². The second-order valence-corrected chi connectivity index (χ2v) is 5.53. The van der Waals surface area contributed by atoms with Gasteiger partial charge in [0.1, 0.15) is 5.75 Å². The van der Waals surface area contributed by atoms with Crippen LogP contribution in [0.15, 0.2) is 22.7 Å². The molecule has 0 unspecified atom stereocenters. The normalized spacial score (nSPS) is 12.0. The van der Waals surface area contributed by atoms with Gasteiger partial charge in [-0.3, -0.25) is 0 Å². The van der Waals surface area contributed by atoms with Crippen LogP contribution >= 0.6 is 15.9 Å². The van der Waals surface area contributed by atoms with Crippen molar-refractivity contribution < 1.29 is 22.6 Å². The van der Waals surface area contributed by atoms with E-state index in [0.717, 1.165) is 6.07 Å². The highest BCUT2D eigenvalue weighted by atomic mass is 79.9. The molecule has 0 radical (unpaired) electrons. The van der Waals surface area contributed by atoms with Crippen LogP contribution in [0.3, 0.4) is 0 Å². The fraction of sp³-hybridized carbons (Fsp3) is 0.357. The van der Waals surface area contributed by atoms with Crippen LogP contribution in [0.5, 0.6) is 11.6 Å². The zero-order chi connectivity index (χ0) is 15.8. The molecule has 3 nitrogen and oxygen atoms in total. The Morgan fingerprint density at radius 1 is 1.19 bits per heavy atom. The van der Waals surface area contributed by atoms with Gasteiger partial charge in [-0.1, -0.05) is 0 Å². The summed E-state index contributed by atoms with van der Waals surface area (Å²) < 4.78 is 50.5. The second kappa shape index (κ2) is 5.71. The van der Waals surface area contributed by atoms with Crippen molar-refractivity contribution in [1.29, 1.82) is 0 Å². The first-order chi connectivity index (χ1) is 9.72. The van der Waals surface area contributed by atoms with E-state index in [2.05, 4.69) is 20.9 Å². The van der Waals surface area contributed by atoms with Gasteiger partial charge < -0.3 is 9.47 Å². The number of methoxy groups -OCH3 is 1. The van der Waals surface area contributed by atoms with Crippen molar-refractivity contribution in [3.8, 4) is 11.6 Å². The van der Waals surface area contributed by atoms with E-state index in [1.807, 2.05) is 0 Å². The Morgan fingerprint density at radius 2 is 1.86 bits per heavy atom. The molecule has 7 heteroatoms. The molecule has 0 N–H and O–H groups in total. The van der Waals surface area contributed by atoms with Gasteiger partial charge in [0.05, 0.1) is 28.8 Å². The first-order valence-electron chi connectivity index (χ1n) is 6.14. The van der Waals surface area contributed by atoms with Crippen LogP contribution in [0.25, 0.3) is 10.9 Å². The molecule has 21 heavy (non-hydrogen) atoms. The van der Waals surface area contributed by atoms with Crippen molar-refractivity contribution >= 4 is 26.8 Å². The number of alkyl halides is 3. The zero-order valence-corrected chi connectivity index (χ0v) is 13.2. The van der Waals surface area contributed by atoms with E-state index in [9.17, 15) is 13.2 Å². The third-order valence-electron chi connectivity index (χ3n) is 2.72. The lowest BCUT2D eigenvalue weighted by molar-refractivity contribution is -0.136. The van der Waals surface area contributed by atoms with Crippen molar-refractivity contribution in [2.45, 2.75) is 26.1 Å².